The molecular formula is C22H24N4. The zero-order valence-electron chi connectivity index (χ0n) is 15.1. The highest BCUT2D eigenvalue weighted by Crippen LogP contribution is 2.30. The molecule has 0 aliphatic heterocycles. The van der Waals surface area contributed by atoms with Crippen LogP contribution in [0, 0.1) is 12.3 Å². The van der Waals surface area contributed by atoms with Crippen LogP contribution in [0.15, 0.2) is 73.1 Å². The smallest absolute Gasteiger partial charge is 0.0797 e. The van der Waals surface area contributed by atoms with Crippen molar-refractivity contribution in [3.63, 3.8) is 0 Å². The number of H-pyrrole nitrogens is 1. The molecule has 1 unspecified atom stereocenters. The lowest BCUT2D eigenvalue weighted by atomic mass is 9.94. The summed E-state index contributed by atoms with van der Waals surface area (Å²) in [6, 6.07) is 16.2. The Bertz CT molecular complexity index is 965. The Labute approximate surface area is 154 Å². The number of nitrogens with one attached hydrogen (secondary N) is 4. The number of fused-ring (bicyclic) bond motifs is 1. The van der Waals surface area contributed by atoms with Gasteiger partial charge in [-0.2, -0.15) is 0 Å². The third-order valence-electron chi connectivity index (χ3n) is 4.42. The van der Waals surface area contributed by atoms with Crippen LogP contribution >= 0.6 is 0 Å². The van der Waals surface area contributed by atoms with Gasteiger partial charge in [-0.25, -0.2) is 0 Å². The van der Waals surface area contributed by atoms with Crippen molar-refractivity contribution in [3.8, 4) is 0 Å². The number of para-hydroxylation sites is 1. The lowest BCUT2D eigenvalue weighted by Crippen LogP contribution is -2.25. The van der Waals surface area contributed by atoms with Gasteiger partial charge in [-0.1, -0.05) is 36.9 Å². The Hall–Kier alpha value is -3.27. The van der Waals surface area contributed by atoms with Gasteiger partial charge in [0.1, 0.15) is 0 Å². The maximum absolute atomic E-state index is 7.86. The summed E-state index contributed by atoms with van der Waals surface area (Å²) in [5, 5.41) is 15.6. The molecular weight excluding hydrogens is 320 g/mol. The first-order valence-electron chi connectivity index (χ1n) is 8.60. The van der Waals surface area contributed by atoms with Crippen LogP contribution in [0.4, 0.5) is 5.69 Å². The number of hydrogen-bond donors (Lipinski definition) is 4. The average molecular weight is 344 g/mol. The highest BCUT2D eigenvalue weighted by molar-refractivity contribution is 5.97. The molecule has 26 heavy (non-hydrogen) atoms. The first-order valence-corrected chi connectivity index (χ1v) is 8.60. The van der Waals surface area contributed by atoms with Crippen LogP contribution < -0.4 is 10.6 Å². The topological polar surface area (TPSA) is 63.7 Å². The lowest BCUT2D eigenvalue weighted by Gasteiger charge is -2.23. The van der Waals surface area contributed by atoms with E-state index in [0.717, 1.165) is 33.3 Å². The van der Waals surface area contributed by atoms with Crippen LogP contribution in [0.5, 0.6) is 0 Å². The van der Waals surface area contributed by atoms with Gasteiger partial charge in [-0.05, 0) is 36.3 Å². The SMILES string of the molecule is C=C(c1c[nH]c2ccccc12)C(Nc1cccc(C)c1)/C(C=N)=C/NC. The van der Waals surface area contributed by atoms with E-state index in [2.05, 4.69) is 53.4 Å². The molecule has 0 amide bonds. The molecule has 0 aliphatic rings. The number of aromatic amines is 1. The fourth-order valence-corrected chi connectivity index (χ4v) is 3.14. The van der Waals surface area contributed by atoms with Crippen molar-refractivity contribution >= 4 is 28.4 Å². The zero-order valence-corrected chi connectivity index (χ0v) is 15.1. The van der Waals surface area contributed by atoms with E-state index in [0.29, 0.717) is 0 Å². The van der Waals surface area contributed by atoms with Crippen LogP contribution in [-0.2, 0) is 0 Å². The summed E-state index contributed by atoms with van der Waals surface area (Å²) in [6.45, 7) is 6.43. The summed E-state index contributed by atoms with van der Waals surface area (Å²) in [7, 11) is 1.84. The second-order valence-electron chi connectivity index (χ2n) is 6.30. The molecule has 3 rings (SSSR count). The number of rotatable bonds is 7. The Morgan fingerprint density at radius 2 is 2.00 bits per heavy atom. The molecule has 0 spiro atoms. The molecule has 0 bridgehead atoms. The maximum Gasteiger partial charge on any atom is 0.0797 e. The summed E-state index contributed by atoms with van der Waals surface area (Å²) in [5.74, 6) is 0. The second-order valence-corrected chi connectivity index (χ2v) is 6.30. The van der Waals surface area contributed by atoms with E-state index >= 15 is 0 Å². The molecule has 0 aliphatic carbocycles. The number of aromatic nitrogens is 1. The fourth-order valence-electron chi connectivity index (χ4n) is 3.14. The van der Waals surface area contributed by atoms with Gasteiger partial charge in [0.15, 0.2) is 0 Å². The molecule has 1 aromatic heterocycles. The third-order valence-corrected chi connectivity index (χ3v) is 4.42. The minimum absolute atomic E-state index is 0.221. The second kappa shape index (κ2) is 7.74. The molecule has 3 aromatic rings. The van der Waals surface area contributed by atoms with Crippen LogP contribution in [0.2, 0.25) is 0 Å². The molecule has 1 atom stereocenters. The lowest BCUT2D eigenvalue weighted by molar-refractivity contribution is 1.03. The molecule has 132 valence electrons. The van der Waals surface area contributed by atoms with Gasteiger partial charge in [-0.15, -0.1) is 0 Å². The third kappa shape index (κ3) is 3.54. The first kappa shape index (κ1) is 17.5. The number of aryl methyl sites for hydroxylation is 1. The molecule has 0 radical (unpaired) electrons. The molecule has 4 heteroatoms. The van der Waals surface area contributed by atoms with Crippen molar-refractivity contribution in [2.24, 2.45) is 0 Å². The van der Waals surface area contributed by atoms with E-state index in [1.54, 1.807) is 0 Å². The van der Waals surface area contributed by atoms with E-state index < -0.39 is 0 Å². The van der Waals surface area contributed by atoms with Gasteiger partial charge in [-0.3, -0.25) is 0 Å². The summed E-state index contributed by atoms with van der Waals surface area (Å²) in [5.41, 5.74) is 6.03. The summed E-state index contributed by atoms with van der Waals surface area (Å²) >= 11 is 0. The number of anilines is 1. The van der Waals surface area contributed by atoms with E-state index in [-0.39, 0.29) is 6.04 Å². The van der Waals surface area contributed by atoms with Crippen molar-refractivity contribution in [2.45, 2.75) is 13.0 Å². The quantitative estimate of drug-likeness (QED) is 0.469. The predicted octanol–water partition coefficient (Wildman–Crippen LogP) is 4.72. The molecule has 1 heterocycles. The molecule has 4 nitrogen and oxygen atoms in total. The minimum Gasteiger partial charge on any atom is -0.394 e. The van der Waals surface area contributed by atoms with Gasteiger partial charge >= 0.3 is 0 Å². The average Bonchev–Trinajstić information content (AvgIpc) is 3.08. The van der Waals surface area contributed by atoms with Gasteiger partial charge < -0.3 is 21.0 Å². The summed E-state index contributed by atoms with van der Waals surface area (Å²) in [4.78, 5) is 3.31. The molecule has 0 saturated heterocycles. The Kier molecular flexibility index (Phi) is 5.23. The van der Waals surface area contributed by atoms with E-state index in [1.807, 2.05) is 43.7 Å². The highest BCUT2D eigenvalue weighted by atomic mass is 14.9. The molecule has 2 aromatic carbocycles. The van der Waals surface area contributed by atoms with Crippen LogP contribution in [0.1, 0.15) is 11.1 Å². The summed E-state index contributed by atoms with van der Waals surface area (Å²) in [6.07, 6.45) is 5.18. The first-order chi connectivity index (χ1) is 12.6. The van der Waals surface area contributed by atoms with Gasteiger partial charge in [0.25, 0.3) is 0 Å². The number of benzene rings is 2. The fraction of sp³-hybridized carbons (Fsp3) is 0.136. The van der Waals surface area contributed by atoms with Crippen molar-refractivity contribution < 1.29 is 0 Å². The normalized spacial score (nSPS) is 12.6. The zero-order chi connectivity index (χ0) is 18.5. The highest BCUT2D eigenvalue weighted by Gasteiger charge is 2.20. The predicted molar refractivity (Wildman–Crippen MR) is 112 cm³/mol. The molecule has 0 saturated carbocycles. The van der Waals surface area contributed by atoms with Crippen molar-refractivity contribution in [2.75, 3.05) is 12.4 Å². The Balaban J connectivity index is 2.03. The van der Waals surface area contributed by atoms with Crippen molar-refractivity contribution in [1.82, 2.24) is 10.3 Å². The van der Waals surface area contributed by atoms with Gasteiger partial charge in [0, 0.05) is 53.4 Å². The van der Waals surface area contributed by atoms with Crippen LogP contribution in [0.25, 0.3) is 16.5 Å². The Morgan fingerprint density at radius 1 is 1.19 bits per heavy atom. The summed E-state index contributed by atoms with van der Waals surface area (Å²) < 4.78 is 0. The molecule has 4 N–H and O–H groups in total. The van der Waals surface area contributed by atoms with Crippen LogP contribution in [0.3, 0.4) is 0 Å². The monoisotopic (exact) mass is 344 g/mol. The van der Waals surface area contributed by atoms with Gasteiger partial charge in [0.05, 0.1) is 6.04 Å². The van der Waals surface area contributed by atoms with E-state index in [9.17, 15) is 0 Å². The van der Waals surface area contributed by atoms with E-state index in [1.165, 1.54) is 11.8 Å². The van der Waals surface area contributed by atoms with Crippen LogP contribution in [-0.4, -0.2) is 24.3 Å². The Morgan fingerprint density at radius 3 is 2.73 bits per heavy atom. The maximum atomic E-state index is 7.86. The standard InChI is InChI=1S/C22H24N4/c1-15-7-6-8-18(11-15)26-22(17(12-23)13-24-3)16(2)20-14-25-21-10-5-4-9-19(20)21/h4-14,22-26H,2H2,1,3H3/b17-13+,23-12?. The van der Waals surface area contributed by atoms with Gasteiger partial charge in [0.2, 0.25) is 0 Å². The molecule has 0 fully saturated rings. The minimum atomic E-state index is -0.221. The largest absolute Gasteiger partial charge is 0.394 e. The van der Waals surface area contributed by atoms with Crippen molar-refractivity contribution in [3.05, 3.63) is 84.2 Å². The number of hydrogen-bond acceptors (Lipinski definition) is 3. The van der Waals surface area contributed by atoms with Crippen molar-refractivity contribution in [1.29, 1.82) is 5.41 Å². The van der Waals surface area contributed by atoms with E-state index in [4.69, 9.17) is 5.41 Å².